The van der Waals surface area contributed by atoms with Gasteiger partial charge in [-0.3, -0.25) is 38.5 Å². The number of benzene rings is 2. The van der Waals surface area contributed by atoms with Gasteiger partial charge in [-0.1, -0.05) is 51.1 Å². The number of rotatable bonds is 38. The Morgan fingerprint density at radius 1 is 0.762 bits per heavy atom. The molecule has 22 nitrogen and oxygen atoms in total. The molecule has 0 saturated heterocycles. The zero-order chi connectivity index (χ0) is 62.4. The summed E-state index contributed by atoms with van der Waals surface area (Å²) in [5, 5.41) is 32.0. The molecular weight excluding hydrogens is 1140 g/mol. The molecule has 0 fully saturated rings. The number of imide groups is 1. The van der Waals surface area contributed by atoms with E-state index < -0.39 is 89.1 Å². The van der Waals surface area contributed by atoms with Gasteiger partial charge in [0, 0.05) is 92.8 Å². The number of thioether (sulfide) groups is 1. The minimum atomic E-state index is -5.08. The van der Waals surface area contributed by atoms with Gasteiger partial charge in [0.15, 0.2) is 0 Å². The number of carbonyl (C=O) groups excluding carboxylic acids is 6. The highest BCUT2D eigenvalue weighted by Crippen LogP contribution is 2.41. The lowest BCUT2D eigenvalue weighted by molar-refractivity contribution is -0.192. The van der Waals surface area contributed by atoms with Crippen LogP contribution in [0.5, 0.6) is 0 Å². The number of hydrogen-bond donors (Lipinski definition) is 6. The lowest BCUT2D eigenvalue weighted by Gasteiger charge is -2.41. The second-order valence-electron chi connectivity index (χ2n) is 19.9. The molecule has 3 atom stereocenters. The van der Waals surface area contributed by atoms with E-state index in [0.717, 1.165) is 52.6 Å². The Hall–Kier alpha value is -7.11. The van der Waals surface area contributed by atoms with Crippen LogP contribution in [0.1, 0.15) is 76.6 Å². The molecule has 0 aliphatic carbocycles. The van der Waals surface area contributed by atoms with Gasteiger partial charge in [0.25, 0.3) is 11.8 Å². The number of ketones is 1. The number of aliphatic carboxylic acids is 3. The molecule has 0 saturated carbocycles. The third-order valence-electron chi connectivity index (χ3n) is 12.3. The average molecular weight is 1210 g/mol. The third kappa shape index (κ3) is 26.2. The quantitative estimate of drug-likeness (QED) is 0.0249. The van der Waals surface area contributed by atoms with Crippen LogP contribution in [0, 0.1) is 23.0 Å². The number of ether oxygens (including phenoxy) is 4. The van der Waals surface area contributed by atoms with Gasteiger partial charge in [0.05, 0.1) is 70.6 Å². The van der Waals surface area contributed by atoms with Crippen LogP contribution in [0.25, 0.3) is 11.1 Å². The summed E-state index contributed by atoms with van der Waals surface area (Å²) in [7, 11) is 0. The Bertz CT molecular complexity index is 2670. The van der Waals surface area contributed by atoms with Crippen LogP contribution >= 0.6 is 11.8 Å². The predicted molar refractivity (Wildman–Crippen MR) is 295 cm³/mol. The van der Waals surface area contributed by atoms with Crippen LogP contribution in [-0.2, 0) is 68.6 Å². The van der Waals surface area contributed by atoms with Crippen LogP contribution in [-0.4, -0.2) is 186 Å². The van der Waals surface area contributed by atoms with E-state index in [4.69, 9.17) is 34.6 Å². The number of alkyl halides is 3. The van der Waals surface area contributed by atoms with Crippen molar-refractivity contribution < 1.29 is 99.4 Å². The van der Waals surface area contributed by atoms with Crippen molar-refractivity contribution in [2.24, 2.45) is 17.1 Å². The Kier molecular flexibility index (Phi) is 31.0. The molecule has 5 amide bonds. The number of halogens is 5. The number of hydrogen-bond acceptors (Lipinski definition) is 15. The van der Waals surface area contributed by atoms with Crippen LogP contribution in [0.15, 0.2) is 72.9 Å². The molecule has 0 spiro atoms. The molecule has 0 bridgehead atoms. The normalized spacial score (nSPS) is 13.4. The van der Waals surface area contributed by atoms with Gasteiger partial charge in [-0.2, -0.15) is 24.9 Å². The van der Waals surface area contributed by atoms with E-state index in [2.05, 4.69) is 10.6 Å². The fourth-order valence-corrected chi connectivity index (χ4v) is 9.21. The summed E-state index contributed by atoms with van der Waals surface area (Å²) in [4.78, 5) is 111. The zero-order valence-electron chi connectivity index (χ0n) is 46.9. The summed E-state index contributed by atoms with van der Waals surface area (Å²) in [6.07, 6.45) is -1.81. The van der Waals surface area contributed by atoms with Crippen LogP contribution in [0.2, 0.25) is 0 Å². The van der Waals surface area contributed by atoms with E-state index in [-0.39, 0.29) is 134 Å². The second-order valence-corrected chi connectivity index (χ2v) is 21.0. The highest BCUT2D eigenvalue weighted by atomic mass is 32.2. The van der Waals surface area contributed by atoms with E-state index in [9.17, 15) is 66.1 Å². The van der Waals surface area contributed by atoms with E-state index >= 15 is 4.39 Å². The van der Waals surface area contributed by atoms with Crippen molar-refractivity contribution in [1.82, 2.24) is 25.0 Å². The van der Waals surface area contributed by atoms with Gasteiger partial charge in [-0.25, -0.2) is 18.4 Å². The first kappa shape index (κ1) is 71.2. The molecule has 2 aromatic carbocycles. The Morgan fingerprint density at radius 3 is 1.92 bits per heavy atom. The van der Waals surface area contributed by atoms with Crippen molar-refractivity contribution in [2.45, 2.75) is 84.1 Å². The Morgan fingerprint density at radius 2 is 1.36 bits per heavy atom. The van der Waals surface area contributed by atoms with Gasteiger partial charge in [0.2, 0.25) is 17.7 Å². The van der Waals surface area contributed by atoms with Crippen LogP contribution in [0.3, 0.4) is 0 Å². The van der Waals surface area contributed by atoms with Crippen molar-refractivity contribution in [3.63, 3.8) is 0 Å². The summed E-state index contributed by atoms with van der Waals surface area (Å²) in [5.74, 6) is -10.8. The average Bonchev–Trinajstić information content (AvgIpc) is 3.79. The van der Waals surface area contributed by atoms with Gasteiger partial charge >= 0.3 is 24.1 Å². The van der Waals surface area contributed by atoms with Crippen molar-refractivity contribution in [3.8, 4) is 11.1 Å². The predicted octanol–water partition coefficient (Wildman–Crippen LogP) is 5.01. The fourth-order valence-electron chi connectivity index (χ4n) is 8.21. The Labute approximate surface area is 486 Å². The monoisotopic (exact) mass is 1210 g/mol. The standard InChI is InChI=1S/C54H72F2N6O14S.C2HF3O2/c1-54(2,3)51(45-31-38(42-32-40(55)10-12-43(42)56)34-60(45)33-37-8-5-4-6-9-37)62(20-7-18-57)50(68)36-77-35-39(52(69)70)30-41(63)11-13-44(53(71)72)59-47(65)17-22-73-24-26-75-28-29-76-27-25-74-23-19-58-46(64)16-21-61-48(66)14-15-49(61)67;3-2(4,5)1(6)7/h4-6,8-10,12,14-15,31-32,34,39,44,51H,7,11,13,16-30,33,35-36,57H2,1-3H3,(H,58,64)(H,59,65)(H,69,70)(H,71,72);(H,6,7)/t39-,44-,51-;/m0./s1. The third-order valence-corrected chi connectivity index (χ3v) is 13.4. The number of amides is 5. The lowest BCUT2D eigenvalue weighted by Crippen LogP contribution is -2.44. The molecule has 0 unspecified atom stereocenters. The molecule has 464 valence electrons. The van der Waals surface area contributed by atoms with Crippen molar-refractivity contribution in [3.05, 3.63) is 95.8 Å². The summed E-state index contributed by atoms with van der Waals surface area (Å²) in [5.41, 5.74) is 7.42. The first-order chi connectivity index (χ1) is 39.7. The largest absolute Gasteiger partial charge is 0.490 e. The lowest BCUT2D eigenvalue weighted by atomic mass is 9.83. The topological polar surface area (TPSA) is 313 Å². The number of carboxylic acids is 3. The van der Waals surface area contributed by atoms with E-state index in [1.54, 1.807) is 17.2 Å². The van der Waals surface area contributed by atoms with Gasteiger partial charge < -0.3 is 60.1 Å². The molecular formula is C56H73F5N6O16S. The highest BCUT2D eigenvalue weighted by Gasteiger charge is 2.39. The number of nitrogens with one attached hydrogen (secondary N) is 2. The maximum Gasteiger partial charge on any atom is 0.490 e. The number of Topliss-reactive ketones (excluding diaryl/α,β-unsaturated/α-hetero) is 1. The van der Waals surface area contributed by atoms with Gasteiger partial charge in [-0.05, 0) is 54.6 Å². The molecule has 1 aliphatic rings. The van der Waals surface area contributed by atoms with E-state index in [0.29, 0.717) is 24.2 Å². The summed E-state index contributed by atoms with van der Waals surface area (Å²) < 4.78 is 85.0. The number of aromatic nitrogens is 1. The van der Waals surface area contributed by atoms with Gasteiger partial charge in [-0.15, -0.1) is 0 Å². The first-order valence-electron chi connectivity index (χ1n) is 26.7. The number of carbonyl (C=O) groups is 9. The van der Waals surface area contributed by atoms with Crippen LogP contribution < -0.4 is 16.4 Å². The fraction of sp³-hybridized carbons (Fsp3) is 0.518. The second kappa shape index (κ2) is 36.6. The first-order valence-corrected chi connectivity index (χ1v) is 27.8. The maximum absolute atomic E-state index is 15.2. The number of nitrogens with two attached hydrogens (primary N) is 1. The molecule has 2 heterocycles. The molecule has 4 rings (SSSR count). The number of carboxylic acid groups (broad SMARTS) is 3. The van der Waals surface area contributed by atoms with E-state index in [1.807, 2.05) is 55.7 Å². The summed E-state index contributed by atoms with van der Waals surface area (Å²) in [6.45, 7) is 8.66. The smallest absolute Gasteiger partial charge is 0.481 e. The van der Waals surface area contributed by atoms with E-state index in [1.165, 1.54) is 0 Å². The SMILES string of the molecule is CC(C)(C)[C@H](c1cc(-c2cc(F)ccc2F)cn1Cc1ccccc1)N(CCCN)C(=O)CSC[C@H](CC(=O)CC[C@H](NC(=O)CCOCCOCCOCCOCCNC(=O)CCN1C(=O)C=CC1=O)C(=O)O)C(=O)O.O=C(O)C(F)(F)F. The maximum atomic E-state index is 15.2. The number of nitrogens with zero attached hydrogens (tertiary/aromatic N) is 3. The molecule has 3 aromatic rings. The molecule has 7 N–H and O–H groups in total. The summed E-state index contributed by atoms with van der Waals surface area (Å²) >= 11 is 1.04. The van der Waals surface area contributed by atoms with Crippen molar-refractivity contribution >= 4 is 65.0 Å². The minimum absolute atomic E-state index is 0.00190. The van der Waals surface area contributed by atoms with Gasteiger partial charge in [0.1, 0.15) is 23.5 Å². The van der Waals surface area contributed by atoms with Crippen LogP contribution in [0.4, 0.5) is 22.0 Å². The molecule has 84 heavy (non-hydrogen) atoms. The molecule has 0 radical (unpaired) electrons. The zero-order valence-corrected chi connectivity index (χ0v) is 47.7. The van der Waals surface area contributed by atoms with Crippen molar-refractivity contribution in [1.29, 1.82) is 0 Å². The minimum Gasteiger partial charge on any atom is -0.481 e. The van der Waals surface area contributed by atoms with Crippen molar-refractivity contribution in [2.75, 3.05) is 90.5 Å². The highest BCUT2D eigenvalue weighted by molar-refractivity contribution is 7.99. The molecule has 28 heteroatoms. The Balaban J connectivity index is 0.00000247. The molecule has 1 aromatic heterocycles. The molecule has 1 aliphatic heterocycles. The summed E-state index contributed by atoms with van der Waals surface area (Å²) in [6, 6.07) is 12.5.